The van der Waals surface area contributed by atoms with Crippen LogP contribution in [0.5, 0.6) is 11.5 Å². The number of unbranched alkanes of at least 4 members (excludes halogenated alkanes) is 1. The maximum atomic E-state index is 11.9. The molecular weight excluding hydrogens is 316 g/mol. The van der Waals surface area contributed by atoms with Gasteiger partial charge in [0.2, 0.25) is 5.91 Å². The fraction of sp³-hybridized carbons (Fsp3) is 0.588. The Morgan fingerprint density at radius 3 is 2.57 bits per heavy atom. The first-order valence-corrected chi connectivity index (χ1v) is 7.82. The molecule has 0 spiro atoms. The number of carbonyl (C=O) groups excluding carboxylic acids is 1. The van der Waals surface area contributed by atoms with Crippen LogP contribution in [0.4, 0.5) is 0 Å². The highest BCUT2D eigenvalue weighted by Gasteiger charge is 2.16. The molecule has 0 aliphatic rings. The molecule has 0 aliphatic carbocycles. The van der Waals surface area contributed by atoms with Gasteiger partial charge in [0.05, 0.1) is 13.7 Å². The van der Waals surface area contributed by atoms with E-state index in [-0.39, 0.29) is 30.3 Å². The number of nitrogens with one attached hydrogen (secondary N) is 1. The van der Waals surface area contributed by atoms with E-state index >= 15 is 0 Å². The Kier molecular flexibility index (Phi) is 10.4. The summed E-state index contributed by atoms with van der Waals surface area (Å²) in [5.41, 5.74) is 6.69. The molecule has 1 rings (SSSR count). The zero-order valence-corrected chi connectivity index (χ0v) is 15.2. The van der Waals surface area contributed by atoms with E-state index in [9.17, 15) is 4.79 Å². The summed E-state index contributed by atoms with van der Waals surface area (Å²) in [4.78, 5) is 11.9. The zero-order valence-electron chi connectivity index (χ0n) is 14.4. The van der Waals surface area contributed by atoms with E-state index in [1.165, 1.54) is 0 Å². The third kappa shape index (κ3) is 7.10. The van der Waals surface area contributed by atoms with Gasteiger partial charge in [0, 0.05) is 18.5 Å². The van der Waals surface area contributed by atoms with Crippen molar-refractivity contribution in [3.05, 3.63) is 23.8 Å². The average Bonchev–Trinajstić information content (AvgIpc) is 2.52. The first-order chi connectivity index (χ1) is 10.5. The third-order valence-corrected chi connectivity index (χ3v) is 3.65. The summed E-state index contributed by atoms with van der Waals surface area (Å²) in [6.45, 7) is 6.90. The van der Waals surface area contributed by atoms with Crippen LogP contribution in [-0.4, -0.2) is 25.7 Å². The molecule has 0 aliphatic heterocycles. The van der Waals surface area contributed by atoms with Crippen molar-refractivity contribution in [3.63, 3.8) is 0 Å². The van der Waals surface area contributed by atoms with Gasteiger partial charge in [0.15, 0.2) is 11.5 Å². The van der Waals surface area contributed by atoms with Gasteiger partial charge in [-0.15, -0.1) is 12.4 Å². The molecular formula is C17H29ClN2O3. The van der Waals surface area contributed by atoms with Crippen LogP contribution in [-0.2, 0) is 11.3 Å². The molecule has 23 heavy (non-hydrogen) atoms. The third-order valence-electron chi connectivity index (χ3n) is 3.65. The minimum atomic E-state index is -0.210. The minimum absolute atomic E-state index is 0. The van der Waals surface area contributed by atoms with Gasteiger partial charge >= 0.3 is 0 Å². The SMILES string of the molecule is CCCCOc1ccc(CNC(=O)C(C)C(C)N)cc1OC.Cl. The molecule has 0 heterocycles. The zero-order chi connectivity index (χ0) is 16.5. The quantitative estimate of drug-likeness (QED) is 0.675. The number of carbonyl (C=O) groups is 1. The van der Waals surface area contributed by atoms with Crippen LogP contribution >= 0.6 is 12.4 Å². The summed E-state index contributed by atoms with van der Waals surface area (Å²) in [6.07, 6.45) is 2.10. The topological polar surface area (TPSA) is 73.6 Å². The Morgan fingerprint density at radius 1 is 1.30 bits per heavy atom. The van der Waals surface area contributed by atoms with Crippen molar-refractivity contribution in [1.29, 1.82) is 0 Å². The van der Waals surface area contributed by atoms with Crippen LogP contribution < -0.4 is 20.5 Å². The van der Waals surface area contributed by atoms with Crippen molar-refractivity contribution in [2.24, 2.45) is 11.7 Å². The largest absolute Gasteiger partial charge is 0.493 e. The van der Waals surface area contributed by atoms with Gasteiger partial charge < -0.3 is 20.5 Å². The normalized spacial score (nSPS) is 12.7. The number of methoxy groups -OCH3 is 1. The van der Waals surface area contributed by atoms with Gasteiger partial charge in [-0.2, -0.15) is 0 Å². The number of hydrogen-bond donors (Lipinski definition) is 2. The molecule has 3 N–H and O–H groups in total. The lowest BCUT2D eigenvalue weighted by atomic mass is 10.0. The average molecular weight is 345 g/mol. The van der Waals surface area contributed by atoms with E-state index in [4.69, 9.17) is 15.2 Å². The highest BCUT2D eigenvalue weighted by atomic mass is 35.5. The predicted octanol–water partition coefficient (Wildman–Crippen LogP) is 2.90. The molecule has 0 aromatic heterocycles. The predicted molar refractivity (Wildman–Crippen MR) is 95.3 cm³/mol. The number of hydrogen-bond acceptors (Lipinski definition) is 4. The summed E-state index contributed by atoms with van der Waals surface area (Å²) in [5.74, 6) is 1.16. The Morgan fingerprint density at radius 2 is 2.00 bits per heavy atom. The number of halogens is 1. The molecule has 0 bridgehead atoms. The van der Waals surface area contributed by atoms with Gasteiger partial charge in [0.1, 0.15) is 0 Å². The van der Waals surface area contributed by atoms with Crippen molar-refractivity contribution in [2.75, 3.05) is 13.7 Å². The Bertz CT molecular complexity index is 481. The smallest absolute Gasteiger partial charge is 0.224 e. The summed E-state index contributed by atoms with van der Waals surface area (Å²) in [7, 11) is 1.61. The fourth-order valence-corrected chi connectivity index (χ4v) is 1.86. The van der Waals surface area contributed by atoms with E-state index in [2.05, 4.69) is 12.2 Å². The molecule has 2 unspecified atom stereocenters. The maximum absolute atomic E-state index is 11.9. The molecule has 1 aromatic carbocycles. The highest BCUT2D eigenvalue weighted by Crippen LogP contribution is 2.28. The number of benzene rings is 1. The van der Waals surface area contributed by atoms with Gasteiger partial charge in [-0.05, 0) is 31.0 Å². The second-order valence-electron chi connectivity index (χ2n) is 5.55. The Labute approximate surface area is 145 Å². The fourth-order valence-electron chi connectivity index (χ4n) is 1.86. The van der Waals surface area contributed by atoms with Gasteiger partial charge in [-0.1, -0.05) is 26.3 Å². The molecule has 1 aromatic rings. The van der Waals surface area contributed by atoms with Crippen molar-refractivity contribution in [1.82, 2.24) is 5.32 Å². The molecule has 0 saturated carbocycles. The van der Waals surface area contributed by atoms with Crippen LogP contribution in [0.3, 0.4) is 0 Å². The minimum Gasteiger partial charge on any atom is -0.493 e. The molecule has 2 atom stereocenters. The molecule has 132 valence electrons. The van der Waals surface area contributed by atoms with Crippen LogP contribution in [0.25, 0.3) is 0 Å². The molecule has 0 radical (unpaired) electrons. The molecule has 0 saturated heterocycles. The van der Waals surface area contributed by atoms with Crippen molar-refractivity contribution in [3.8, 4) is 11.5 Å². The Balaban J connectivity index is 0.00000484. The summed E-state index contributed by atoms with van der Waals surface area (Å²) < 4.78 is 11.0. The first-order valence-electron chi connectivity index (χ1n) is 7.82. The van der Waals surface area contributed by atoms with Crippen LogP contribution in [0.15, 0.2) is 18.2 Å². The maximum Gasteiger partial charge on any atom is 0.224 e. The van der Waals surface area contributed by atoms with Crippen molar-refractivity contribution < 1.29 is 14.3 Å². The second kappa shape index (κ2) is 11.1. The van der Waals surface area contributed by atoms with Crippen LogP contribution in [0.1, 0.15) is 39.2 Å². The molecule has 5 nitrogen and oxygen atoms in total. The van der Waals surface area contributed by atoms with E-state index in [0.717, 1.165) is 24.2 Å². The summed E-state index contributed by atoms with van der Waals surface area (Å²) in [5, 5.41) is 2.89. The summed E-state index contributed by atoms with van der Waals surface area (Å²) >= 11 is 0. The number of nitrogens with two attached hydrogens (primary N) is 1. The lowest BCUT2D eigenvalue weighted by molar-refractivity contribution is -0.125. The second-order valence-corrected chi connectivity index (χ2v) is 5.55. The van der Waals surface area contributed by atoms with Crippen LogP contribution in [0, 0.1) is 5.92 Å². The van der Waals surface area contributed by atoms with E-state index < -0.39 is 0 Å². The highest BCUT2D eigenvalue weighted by molar-refractivity contribution is 5.85. The molecule has 6 heteroatoms. The van der Waals surface area contributed by atoms with E-state index in [1.54, 1.807) is 7.11 Å². The Hall–Kier alpha value is -1.46. The van der Waals surface area contributed by atoms with E-state index in [1.807, 2.05) is 32.0 Å². The van der Waals surface area contributed by atoms with Crippen molar-refractivity contribution in [2.45, 2.75) is 46.2 Å². The number of amides is 1. The monoisotopic (exact) mass is 344 g/mol. The van der Waals surface area contributed by atoms with Crippen molar-refractivity contribution >= 4 is 18.3 Å². The lowest BCUT2D eigenvalue weighted by Crippen LogP contribution is -2.38. The lowest BCUT2D eigenvalue weighted by Gasteiger charge is -2.16. The van der Waals surface area contributed by atoms with Gasteiger partial charge in [0.25, 0.3) is 0 Å². The summed E-state index contributed by atoms with van der Waals surface area (Å²) in [6, 6.07) is 5.54. The number of ether oxygens (including phenoxy) is 2. The molecule has 1 amide bonds. The van der Waals surface area contributed by atoms with Gasteiger partial charge in [-0.25, -0.2) is 0 Å². The van der Waals surface area contributed by atoms with Crippen LogP contribution in [0.2, 0.25) is 0 Å². The molecule has 0 fully saturated rings. The van der Waals surface area contributed by atoms with Gasteiger partial charge in [-0.3, -0.25) is 4.79 Å². The number of rotatable bonds is 9. The van der Waals surface area contributed by atoms with E-state index in [0.29, 0.717) is 18.9 Å². The first kappa shape index (κ1) is 21.5. The standard InChI is InChI=1S/C17H28N2O3.ClH/c1-5-6-9-22-15-8-7-14(10-16(15)21-4)11-19-17(20)12(2)13(3)18;/h7-8,10,12-13H,5-6,9,11,18H2,1-4H3,(H,19,20);1H.